The summed E-state index contributed by atoms with van der Waals surface area (Å²) in [4.78, 5) is 0.347. The molecule has 0 unspecified atom stereocenters. The van der Waals surface area contributed by atoms with Crippen molar-refractivity contribution in [2.75, 3.05) is 11.9 Å². The highest BCUT2D eigenvalue weighted by Gasteiger charge is 2.38. The van der Waals surface area contributed by atoms with Crippen molar-refractivity contribution in [1.82, 2.24) is 4.31 Å². The van der Waals surface area contributed by atoms with Crippen LogP contribution in [0.4, 0.5) is 5.69 Å². The molecule has 0 saturated carbocycles. The predicted octanol–water partition coefficient (Wildman–Crippen LogP) is 5.34. The van der Waals surface area contributed by atoms with Crippen molar-refractivity contribution in [2.24, 2.45) is 5.92 Å². The summed E-state index contributed by atoms with van der Waals surface area (Å²) in [6.45, 7) is 3.20. The van der Waals surface area contributed by atoms with Gasteiger partial charge in [0.2, 0.25) is 10.0 Å². The Labute approximate surface area is 190 Å². The first-order valence-corrected chi connectivity index (χ1v) is 12.6. The average Bonchev–Trinajstić information content (AvgIpc) is 2.83. The zero-order chi connectivity index (χ0) is 22.1. The molecule has 4 nitrogen and oxygen atoms in total. The topological polar surface area (TPSA) is 49.4 Å². The lowest BCUT2D eigenvalue weighted by molar-refractivity contribution is 0.294. The summed E-state index contributed by atoms with van der Waals surface area (Å²) in [7, 11) is -3.66. The van der Waals surface area contributed by atoms with Gasteiger partial charge in [0.05, 0.1) is 4.90 Å². The number of nitrogens with one attached hydrogen (secondary N) is 1. The minimum absolute atomic E-state index is 0.200. The molecule has 1 heterocycles. The van der Waals surface area contributed by atoms with Gasteiger partial charge in [-0.25, -0.2) is 8.42 Å². The molecule has 0 aromatic heterocycles. The summed E-state index contributed by atoms with van der Waals surface area (Å²) >= 11 is 0. The molecule has 0 saturated heterocycles. The molecule has 164 valence electrons. The van der Waals surface area contributed by atoms with Crippen LogP contribution in [-0.4, -0.2) is 25.3 Å². The van der Waals surface area contributed by atoms with Crippen LogP contribution in [-0.2, 0) is 16.6 Å². The zero-order valence-corrected chi connectivity index (χ0v) is 19.0. The van der Waals surface area contributed by atoms with Crippen LogP contribution >= 0.6 is 0 Å². The standard InChI is InChI=1S/C27H28N2O2S/c1-20-11-15-24(16-12-20)32(30,31)29(19-21-7-3-2-4-8-21)23-14-13-22-18-28-27-10-6-5-9-25(27)26(22)17-23/h2-16,22-23,26,28H,17-19H2,1H3/t22-,23+,26-/m1/s1. The molecule has 5 rings (SSSR count). The van der Waals surface area contributed by atoms with Gasteiger partial charge in [-0.15, -0.1) is 0 Å². The first kappa shape index (κ1) is 21.0. The van der Waals surface area contributed by atoms with Gasteiger partial charge in [-0.3, -0.25) is 0 Å². The van der Waals surface area contributed by atoms with E-state index in [1.54, 1.807) is 16.4 Å². The summed E-state index contributed by atoms with van der Waals surface area (Å²) in [5.74, 6) is 0.677. The minimum atomic E-state index is -3.66. The zero-order valence-electron chi connectivity index (χ0n) is 18.2. The fraction of sp³-hybridized carbons (Fsp3) is 0.259. The van der Waals surface area contributed by atoms with Crippen LogP contribution in [0.2, 0.25) is 0 Å². The Morgan fingerprint density at radius 2 is 1.62 bits per heavy atom. The second-order valence-electron chi connectivity index (χ2n) is 8.78. The molecular weight excluding hydrogens is 416 g/mol. The van der Waals surface area contributed by atoms with E-state index >= 15 is 0 Å². The minimum Gasteiger partial charge on any atom is -0.384 e. The van der Waals surface area contributed by atoms with Crippen molar-refractivity contribution >= 4 is 15.7 Å². The van der Waals surface area contributed by atoms with Crippen LogP contribution < -0.4 is 5.32 Å². The Kier molecular flexibility index (Phi) is 5.62. The van der Waals surface area contributed by atoms with Crippen LogP contribution in [0.25, 0.3) is 0 Å². The van der Waals surface area contributed by atoms with Crippen molar-refractivity contribution in [3.63, 3.8) is 0 Å². The van der Waals surface area contributed by atoms with E-state index in [9.17, 15) is 8.42 Å². The average molecular weight is 445 g/mol. The van der Waals surface area contributed by atoms with E-state index in [0.717, 1.165) is 24.1 Å². The number of aryl methyl sites for hydroxylation is 1. The van der Waals surface area contributed by atoms with Crippen molar-refractivity contribution in [3.05, 3.63) is 108 Å². The number of rotatable bonds is 5. The first-order valence-electron chi connectivity index (χ1n) is 11.2. The number of hydrogen-bond donors (Lipinski definition) is 1. The van der Waals surface area contributed by atoms with E-state index in [1.165, 1.54) is 11.3 Å². The molecule has 32 heavy (non-hydrogen) atoms. The molecule has 0 spiro atoms. The van der Waals surface area contributed by atoms with Crippen molar-refractivity contribution in [2.45, 2.75) is 36.7 Å². The van der Waals surface area contributed by atoms with E-state index in [4.69, 9.17) is 0 Å². The molecule has 1 aliphatic heterocycles. The highest BCUT2D eigenvalue weighted by Crippen LogP contribution is 2.43. The van der Waals surface area contributed by atoms with Crippen LogP contribution in [0.15, 0.2) is 95.9 Å². The summed E-state index contributed by atoms with van der Waals surface area (Å²) in [6.07, 6.45) is 5.09. The van der Waals surface area contributed by atoms with E-state index in [-0.39, 0.29) is 6.04 Å². The molecule has 3 aromatic rings. The van der Waals surface area contributed by atoms with Crippen LogP contribution in [0.3, 0.4) is 0 Å². The highest BCUT2D eigenvalue weighted by atomic mass is 32.2. The van der Waals surface area contributed by atoms with E-state index in [0.29, 0.717) is 23.3 Å². The normalized spacial score (nSPS) is 22.1. The number of nitrogens with zero attached hydrogens (tertiary/aromatic N) is 1. The molecular formula is C27H28N2O2S. The Morgan fingerprint density at radius 1 is 0.906 bits per heavy atom. The van der Waals surface area contributed by atoms with Crippen molar-refractivity contribution < 1.29 is 8.42 Å². The van der Waals surface area contributed by atoms with Gasteiger partial charge in [-0.05, 0) is 48.6 Å². The smallest absolute Gasteiger partial charge is 0.243 e. The molecule has 0 amide bonds. The predicted molar refractivity (Wildman–Crippen MR) is 129 cm³/mol. The maximum absolute atomic E-state index is 13.8. The quantitative estimate of drug-likeness (QED) is 0.541. The van der Waals surface area contributed by atoms with Gasteiger partial charge in [0.1, 0.15) is 0 Å². The third-order valence-electron chi connectivity index (χ3n) is 6.66. The summed E-state index contributed by atoms with van der Waals surface area (Å²) in [5, 5.41) is 3.52. The van der Waals surface area contributed by atoms with Crippen LogP contribution in [0.1, 0.15) is 29.0 Å². The first-order chi connectivity index (χ1) is 15.5. The monoisotopic (exact) mass is 444 g/mol. The van der Waals surface area contributed by atoms with Gasteiger partial charge in [-0.2, -0.15) is 4.31 Å². The molecule has 0 bridgehead atoms. The van der Waals surface area contributed by atoms with Crippen molar-refractivity contribution in [1.29, 1.82) is 0 Å². The van der Waals surface area contributed by atoms with Gasteiger partial charge in [0.25, 0.3) is 0 Å². The lowest BCUT2D eigenvalue weighted by Gasteiger charge is -2.40. The largest absolute Gasteiger partial charge is 0.384 e. The Bertz CT molecular complexity index is 1220. The number of benzene rings is 3. The van der Waals surface area contributed by atoms with Crippen LogP contribution in [0.5, 0.6) is 0 Å². The van der Waals surface area contributed by atoms with E-state index in [1.807, 2.05) is 55.5 Å². The molecule has 1 aliphatic carbocycles. The molecule has 1 N–H and O–H groups in total. The fourth-order valence-electron chi connectivity index (χ4n) is 4.90. The maximum Gasteiger partial charge on any atom is 0.243 e. The van der Waals surface area contributed by atoms with Crippen LogP contribution in [0, 0.1) is 12.8 Å². The number of fused-ring (bicyclic) bond motifs is 3. The molecule has 3 atom stereocenters. The molecule has 2 aliphatic rings. The van der Waals surface area contributed by atoms with Gasteiger partial charge < -0.3 is 5.32 Å². The maximum atomic E-state index is 13.8. The van der Waals surface area contributed by atoms with Crippen molar-refractivity contribution in [3.8, 4) is 0 Å². The SMILES string of the molecule is Cc1ccc(S(=O)(=O)N(Cc2ccccc2)[C@H]2C=C[C@@H]3CNc4ccccc4[C@@H]3C2)cc1. The Balaban J connectivity index is 1.53. The van der Waals surface area contributed by atoms with Gasteiger partial charge in [0.15, 0.2) is 0 Å². The summed E-state index contributed by atoms with van der Waals surface area (Å²) in [6, 6.07) is 25.2. The van der Waals surface area contributed by atoms with Gasteiger partial charge >= 0.3 is 0 Å². The third kappa shape index (κ3) is 3.98. The molecule has 0 radical (unpaired) electrons. The second-order valence-corrected chi connectivity index (χ2v) is 10.7. The summed E-state index contributed by atoms with van der Waals surface area (Å²) in [5.41, 5.74) is 4.49. The highest BCUT2D eigenvalue weighted by molar-refractivity contribution is 7.89. The second kappa shape index (κ2) is 8.57. The number of para-hydroxylation sites is 1. The lowest BCUT2D eigenvalue weighted by atomic mass is 9.75. The van der Waals surface area contributed by atoms with E-state index < -0.39 is 10.0 Å². The molecule has 0 fully saturated rings. The molecule has 5 heteroatoms. The number of sulfonamides is 1. The number of hydrogen-bond acceptors (Lipinski definition) is 3. The Hall–Kier alpha value is -2.89. The third-order valence-corrected chi connectivity index (χ3v) is 8.55. The lowest BCUT2D eigenvalue weighted by Crippen LogP contribution is -2.43. The van der Waals surface area contributed by atoms with Gasteiger partial charge in [0, 0.05) is 30.7 Å². The van der Waals surface area contributed by atoms with Gasteiger partial charge in [-0.1, -0.05) is 78.4 Å². The van der Waals surface area contributed by atoms with E-state index in [2.05, 4.69) is 35.7 Å². The number of anilines is 1. The fourth-order valence-corrected chi connectivity index (χ4v) is 6.48. The molecule has 3 aromatic carbocycles. The Morgan fingerprint density at radius 3 is 2.41 bits per heavy atom. The summed E-state index contributed by atoms with van der Waals surface area (Å²) < 4.78 is 29.4.